The van der Waals surface area contributed by atoms with Crippen molar-refractivity contribution in [3.05, 3.63) is 0 Å². The Morgan fingerprint density at radius 1 is 1.50 bits per heavy atom. The smallest absolute Gasteiger partial charge is 0.238 e. The lowest BCUT2D eigenvalue weighted by Crippen LogP contribution is -2.45. The standard InChI is InChI=1S/C10H17N3O/c14-9-6-10(3-4-10)12-13(9)7-8-2-1-5-11-8/h8,11-12H,1-7H2. The van der Waals surface area contributed by atoms with Crippen molar-refractivity contribution in [3.8, 4) is 0 Å². The molecule has 1 atom stereocenters. The van der Waals surface area contributed by atoms with Crippen LogP contribution in [0.1, 0.15) is 32.1 Å². The molecular weight excluding hydrogens is 178 g/mol. The molecule has 0 radical (unpaired) electrons. The lowest BCUT2D eigenvalue weighted by Gasteiger charge is -2.21. The van der Waals surface area contributed by atoms with Crippen LogP contribution in [0.3, 0.4) is 0 Å². The fraction of sp³-hybridized carbons (Fsp3) is 0.900. The number of rotatable bonds is 2. The van der Waals surface area contributed by atoms with Crippen molar-refractivity contribution >= 4 is 5.91 Å². The second-order valence-corrected chi connectivity index (χ2v) is 4.87. The quantitative estimate of drug-likeness (QED) is 0.652. The zero-order chi connectivity index (χ0) is 9.60. The Kier molecular flexibility index (Phi) is 1.82. The Morgan fingerprint density at radius 2 is 2.36 bits per heavy atom. The van der Waals surface area contributed by atoms with Gasteiger partial charge in [0, 0.05) is 18.0 Å². The van der Waals surface area contributed by atoms with Gasteiger partial charge in [-0.1, -0.05) is 0 Å². The van der Waals surface area contributed by atoms with Crippen LogP contribution in [0, 0.1) is 0 Å². The van der Waals surface area contributed by atoms with E-state index in [1.807, 2.05) is 5.01 Å². The summed E-state index contributed by atoms with van der Waals surface area (Å²) in [6.45, 7) is 1.96. The van der Waals surface area contributed by atoms with Gasteiger partial charge in [-0.2, -0.15) is 0 Å². The number of carbonyl (C=O) groups excluding carboxylic acids is 1. The molecule has 1 spiro atoms. The molecule has 2 saturated heterocycles. The number of carbonyl (C=O) groups is 1. The van der Waals surface area contributed by atoms with Gasteiger partial charge in [-0.15, -0.1) is 0 Å². The van der Waals surface area contributed by atoms with E-state index in [-0.39, 0.29) is 11.4 Å². The van der Waals surface area contributed by atoms with Crippen molar-refractivity contribution in [2.45, 2.75) is 43.7 Å². The molecule has 0 aromatic heterocycles. The molecule has 2 heterocycles. The van der Waals surface area contributed by atoms with E-state index >= 15 is 0 Å². The zero-order valence-electron chi connectivity index (χ0n) is 8.38. The highest BCUT2D eigenvalue weighted by Crippen LogP contribution is 2.42. The van der Waals surface area contributed by atoms with E-state index in [0.29, 0.717) is 6.04 Å². The first-order chi connectivity index (χ1) is 6.77. The Balaban J connectivity index is 1.59. The summed E-state index contributed by atoms with van der Waals surface area (Å²) in [5.41, 5.74) is 3.55. The zero-order valence-corrected chi connectivity index (χ0v) is 8.38. The number of hydrazine groups is 1. The number of hydrogen-bond acceptors (Lipinski definition) is 3. The average Bonchev–Trinajstić information content (AvgIpc) is 2.62. The summed E-state index contributed by atoms with van der Waals surface area (Å²) < 4.78 is 0. The van der Waals surface area contributed by atoms with Crippen molar-refractivity contribution in [2.75, 3.05) is 13.1 Å². The maximum Gasteiger partial charge on any atom is 0.238 e. The van der Waals surface area contributed by atoms with E-state index in [1.165, 1.54) is 25.7 Å². The average molecular weight is 195 g/mol. The summed E-state index contributed by atoms with van der Waals surface area (Å²) in [5, 5.41) is 5.26. The molecule has 14 heavy (non-hydrogen) atoms. The minimum Gasteiger partial charge on any atom is -0.312 e. The van der Waals surface area contributed by atoms with E-state index < -0.39 is 0 Å². The third-order valence-corrected chi connectivity index (χ3v) is 3.58. The van der Waals surface area contributed by atoms with E-state index in [4.69, 9.17) is 0 Å². The van der Waals surface area contributed by atoms with Crippen LogP contribution in [0.25, 0.3) is 0 Å². The van der Waals surface area contributed by atoms with Gasteiger partial charge in [-0.25, -0.2) is 5.43 Å². The number of hydrogen-bond donors (Lipinski definition) is 2. The van der Waals surface area contributed by atoms with Crippen LogP contribution < -0.4 is 10.7 Å². The molecule has 1 amide bonds. The molecule has 4 nitrogen and oxygen atoms in total. The molecule has 2 N–H and O–H groups in total. The third-order valence-electron chi connectivity index (χ3n) is 3.58. The Morgan fingerprint density at radius 3 is 2.93 bits per heavy atom. The second-order valence-electron chi connectivity index (χ2n) is 4.87. The van der Waals surface area contributed by atoms with Crippen LogP contribution in [0.4, 0.5) is 0 Å². The Bertz CT molecular complexity index is 256. The molecule has 1 aliphatic carbocycles. The van der Waals surface area contributed by atoms with Gasteiger partial charge in [-0.05, 0) is 32.2 Å². The number of nitrogens with one attached hydrogen (secondary N) is 2. The van der Waals surface area contributed by atoms with Gasteiger partial charge in [-0.3, -0.25) is 9.80 Å². The van der Waals surface area contributed by atoms with Gasteiger partial charge in [0.25, 0.3) is 0 Å². The van der Waals surface area contributed by atoms with Crippen molar-refractivity contribution in [2.24, 2.45) is 0 Å². The topological polar surface area (TPSA) is 44.4 Å². The van der Waals surface area contributed by atoms with Crippen LogP contribution in [-0.2, 0) is 4.79 Å². The van der Waals surface area contributed by atoms with Crippen molar-refractivity contribution < 1.29 is 4.79 Å². The fourth-order valence-corrected chi connectivity index (χ4v) is 2.49. The molecular formula is C10H17N3O. The summed E-state index contributed by atoms with van der Waals surface area (Å²) in [6, 6.07) is 0.514. The SMILES string of the molecule is O=C1CC2(CC2)NN1CC1CCCN1. The van der Waals surface area contributed by atoms with Crippen LogP contribution >= 0.6 is 0 Å². The maximum atomic E-state index is 11.7. The van der Waals surface area contributed by atoms with E-state index in [2.05, 4.69) is 10.7 Å². The number of nitrogens with zero attached hydrogens (tertiary/aromatic N) is 1. The van der Waals surface area contributed by atoms with Crippen LogP contribution in [0.2, 0.25) is 0 Å². The van der Waals surface area contributed by atoms with Gasteiger partial charge < -0.3 is 5.32 Å². The van der Waals surface area contributed by atoms with E-state index in [1.54, 1.807) is 0 Å². The molecule has 0 bridgehead atoms. The lowest BCUT2D eigenvalue weighted by molar-refractivity contribution is -0.129. The molecule has 2 aliphatic heterocycles. The summed E-state index contributed by atoms with van der Waals surface area (Å²) in [4.78, 5) is 11.7. The highest BCUT2D eigenvalue weighted by molar-refractivity contribution is 5.80. The largest absolute Gasteiger partial charge is 0.312 e. The van der Waals surface area contributed by atoms with Crippen LogP contribution in [0.15, 0.2) is 0 Å². The van der Waals surface area contributed by atoms with E-state index in [0.717, 1.165) is 19.5 Å². The molecule has 1 saturated carbocycles. The van der Waals surface area contributed by atoms with Crippen LogP contribution in [-0.4, -0.2) is 35.6 Å². The predicted molar refractivity (Wildman–Crippen MR) is 52.5 cm³/mol. The summed E-state index contributed by atoms with van der Waals surface area (Å²) in [5.74, 6) is 0.288. The first kappa shape index (κ1) is 8.68. The fourth-order valence-electron chi connectivity index (χ4n) is 2.49. The highest BCUT2D eigenvalue weighted by atomic mass is 16.2. The lowest BCUT2D eigenvalue weighted by atomic mass is 10.2. The van der Waals surface area contributed by atoms with Gasteiger partial charge in [0.1, 0.15) is 0 Å². The molecule has 0 aromatic rings. The molecule has 3 aliphatic rings. The van der Waals surface area contributed by atoms with Crippen LogP contribution in [0.5, 0.6) is 0 Å². The van der Waals surface area contributed by atoms with Gasteiger partial charge >= 0.3 is 0 Å². The molecule has 78 valence electrons. The first-order valence-corrected chi connectivity index (χ1v) is 5.59. The maximum absolute atomic E-state index is 11.7. The third kappa shape index (κ3) is 1.42. The van der Waals surface area contributed by atoms with Gasteiger partial charge in [0.05, 0.1) is 6.54 Å². The predicted octanol–water partition coefficient (Wildman–Crippen LogP) is 0.00790. The molecule has 1 unspecified atom stereocenters. The van der Waals surface area contributed by atoms with Gasteiger partial charge in [0.15, 0.2) is 0 Å². The van der Waals surface area contributed by atoms with Crippen molar-refractivity contribution in [3.63, 3.8) is 0 Å². The second kappa shape index (κ2) is 2.94. The normalized spacial score (nSPS) is 34.4. The number of amides is 1. The van der Waals surface area contributed by atoms with Crippen molar-refractivity contribution in [1.82, 2.24) is 15.8 Å². The Hall–Kier alpha value is -0.610. The summed E-state index contributed by atoms with van der Waals surface area (Å²) >= 11 is 0. The molecule has 3 fully saturated rings. The summed E-state index contributed by atoms with van der Waals surface area (Å²) in [7, 11) is 0. The first-order valence-electron chi connectivity index (χ1n) is 5.59. The summed E-state index contributed by atoms with van der Waals surface area (Å²) in [6.07, 6.45) is 5.52. The molecule has 4 heteroatoms. The monoisotopic (exact) mass is 195 g/mol. The highest BCUT2D eigenvalue weighted by Gasteiger charge is 2.51. The Labute approximate surface area is 84.0 Å². The van der Waals surface area contributed by atoms with Gasteiger partial charge in [0.2, 0.25) is 5.91 Å². The molecule has 0 aromatic carbocycles. The van der Waals surface area contributed by atoms with E-state index in [9.17, 15) is 4.79 Å². The minimum atomic E-state index is 0.190. The minimum absolute atomic E-state index is 0.190. The van der Waals surface area contributed by atoms with Crippen molar-refractivity contribution in [1.29, 1.82) is 0 Å². The molecule has 3 rings (SSSR count).